The number of hydrogen-bond donors (Lipinski definition) is 3. The highest BCUT2D eigenvalue weighted by Gasteiger charge is 2.24. The predicted octanol–water partition coefficient (Wildman–Crippen LogP) is 5.63. The van der Waals surface area contributed by atoms with Crippen LogP contribution in [-0.4, -0.2) is 58.1 Å². The second kappa shape index (κ2) is 16.3. The van der Waals surface area contributed by atoms with Crippen molar-refractivity contribution >= 4 is 35.0 Å². The summed E-state index contributed by atoms with van der Waals surface area (Å²) in [5.74, 6) is -0.144. The van der Waals surface area contributed by atoms with Gasteiger partial charge in [-0.25, -0.2) is 9.59 Å². The number of carbonyl (C=O) groups is 3. The highest BCUT2D eigenvalue weighted by atomic mass is 16.6. The van der Waals surface area contributed by atoms with Crippen LogP contribution in [-0.2, 0) is 14.3 Å². The Hall–Kier alpha value is -3.97. The number of Topliss-reactive ketones (excluding diaryl/α,β-unsaturated/α-hetero) is 1. The fourth-order valence-corrected chi connectivity index (χ4v) is 3.67. The number of nitrogens with zero attached hydrogens (tertiary/aromatic N) is 2. The predicted molar refractivity (Wildman–Crippen MR) is 153 cm³/mol. The van der Waals surface area contributed by atoms with Crippen LogP contribution in [0.25, 0.3) is 0 Å². The van der Waals surface area contributed by atoms with Gasteiger partial charge in [0.25, 0.3) is 11.4 Å². The molecule has 0 aromatic heterocycles. The molecule has 0 bridgehead atoms. The third-order valence-electron chi connectivity index (χ3n) is 5.47. The SMILES string of the molecule is CC(C)(C)OC(=O)NCCCCC(NC(=O)OC(C)(C)C)C(=O)CCCCCNc1ccc([N+](=O)[O-])cc1[N+](=O)[O-]. The van der Waals surface area contributed by atoms with E-state index < -0.39 is 39.3 Å². The molecule has 1 unspecified atom stereocenters. The number of ether oxygens (including phenoxy) is 2. The molecule has 1 atom stereocenters. The average molecular weight is 582 g/mol. The summed E-state index contributed by atoms with van der Waals surface area (Å²) in [6, 6.07) is 2.66. The molecule has 0 aliphatic heterocycles. The maximum atomic E-state index is 12.9. The number of alkyl carbamates (subject to hydrolysis) is 2. The summed E-state index contributed by atoms with van der Waals surface area (Å²) in [5, 5.41) is 30.4. The Labute approximate surface area is 240 Å². The first kappa shape index (κ1) is 35.1. The minimum atomic E-state index is -0.743. The van der Waals surface area contributed by atoms with Crippen LogP contribution in [0.15, 0.2) is 18.2 Å². The fourth-order valence-electron chi connectivity index (χ4n) is 3.67. The van der Waals surface area contributed by atoms with Gasteiger partial charge in [0, 0.05) is 25.6 Å². The fraction of sp³-hybridized carbons (Fsp3) is 0.667. The van der Waals surface area contributed by atoms with Crippen molar-refractivity contribution in [2.75, 3.05) is 18.4 Å². The zero-order valence-electron chi connectivity index (χ0n) is 24.7. The van der Waals surface area contributed by atoms with Gasteiger partial charge in [-0.05, 0) is 79.7 Å². The highest BCUT2D eigenvalue weighted by Crippen LogP contribution is 2.29. The Morgan fingerprint density at radius 1 is 0.829 bits per heavy atom. The number of anilines is 1. The Morgan fingerprint density at radius 2 is 1.44 bits per heavy atom. The largest absolute Gasteiger partial charge is 0.444 e. The van der Waals surface area contributed by atoms with Gasteiger partial charge >= 0.3 is 12.2 Å². The van der Waals surface area contributed by atoms with Crippen LogP contribution in [0.2, 0.25) is 0 Å². The average Bonchev–Trinajstić information content (AvgIpc) is 2.82. The van der Waals surface area contributed by atoms with E-state index in [1.165, 1.54) is 12.1 Å². The molecule has 0 spiro atoms. The van der Waals surface area contributed by atoms with Crippen LogP contribution >= 0.6 is 0 Å². The lowest BCUT2D eigenvalue weighted by atomic mass is 10.0. The van der Waals surface area contributed by atoms with Crippen molar-refractivity contribution in [2.45, 2.75) is 104 Å². The van der Waals surface area contributed by atoms with E-state index in [0.29, 0.717) is 51.6 Å². The molecule has 1 aromatic carbocycles. The lowest BCUT2D eigenvalue weighted by Crippen LogP contribution is -2.43. The standard InChI is InChI=1S/C27H43N5O9/c1-26(2,3)40-24(34)29-17-11-9-12-21(30-25(35)41-27(4,5)6)23(33)13-8-7-10-16-28-20-15-14-19(31(36)37)18-22(20)32(38)39/h14-15,18,21,28H,7-13,16-17H2,1-6H3,(H,29,34)(H,30,35). The number of nitro groups is 2. The van der Waals surface area contributed by atoms with E-state index in [2.05, 4.69) is 16.0 Å². The van der Waals surface area contributed by atoms with E-state index in [4.69, 9.17) is 9.47 Å². The molecule has 3 N–H and O–H groups in total. The Morgan fingerprint density at radius 3 is 2.02 bits per heavy atom. The van der Waals surface area contributed by atoms with Crippen molar-refractivity contribution in [2.24, 2.45) is 0 Å². The number of nitro benzene ring substituents is 2. The molecule has 2 amide bonds. The van der Waals surface area contributed by atoms with Crippen molar-refractivity contribution < 1.29 is 33.7 Å². The summed E-state index contributed by atoms with van der Waals surface area (Å²) >= 11 is 0. The second-order valence-corrected chi connectivity index (χ2v) is 11.5. The molecule has 1 rings (SSSR count). The third-order valence-corrected chi connectivity index (χ3v) is 5.47. The molecule has 0 heterocycles. The summed E-state index contributed by atoms with van der Waals surface area (Å²) in [6.45, 7) is 11.2. The minimum Gasteiger partial charge on any atom is -0.444 e. The lowest BCUT2D eigenvalue weighted by Gasteiger charge is -2.23. The van der Waals surface area contributed by atoms with Crippen LogP contribution in [0.5, 0.6) is 0 Å². The first-order valence-electron chi connectivity index (χ1n) is 13.6. The van der Waals surface area contributed by atoms with Gasteiger partial charge in [0.1, 0.15) is 16.9 Å². The number of rotatable bonds is 16. The van der Waals surface area contributed by atoms with E-state index in [9.17, 15) is 34.6 Å². The smallest absolute Gasteiger partial charge is 0.408 e. The number of hydrogen-bond acceptors (Lipinski definition) is 10. The summed E-state index contributed by atoms with van der Waals surface area (Å²) in [7, 11) is 0. The summed E-state index contributed by atoms with van der Waals surface area (Å²) in [5.41, 5.74) is -1.89. The van der Waals surface area contributed by atoms with Crippen LogP contribution in [0.4, 0.5) is 26.7 Å². The van der Waals surface area contributed by atoms with E-state index in [0.717, 1.165) is 6.07 Å². The molecule has 230 valence electrons. The van der Waals surface area contributed by atoms with Crippen molar-refractivity contribution in [3.8, 4) is 0 Å². The van der Waals surface area contributed by atoms with Crippen LogP contribution in [0, 0.1) is 20.2 Å². The molecule has 0 aliphatic carbocycles. The number of non-ortho nitro benzene ring substituents is 1. The summed E-state index contributed by atoms with van der Waals surface area (Å²) in [6.07, 6.45) is 2.31. The van der Waals surface area contributed by atoms with E-state index in [1.807, 2.05) is 0 Å². The molecular weight excluding hydrogens is 538 g/mol. The quantitative estimate of drug-likeness (QED) is 0.125. The van der Waals surface area contributed by atoms with Crippen molar-refractivity contribution in [1.82, 2.24) is 10.6 Å². The zero-order chi connectivity index (χ0) is 31.2. The normalized spacial score (nSPS) is 12.1. The van der Waals surface area contributed by atoms with Gasteiger partial charge in [0.15, 0.2) is 5.78 Å². The monoisotopic (exact) mass is 581 g/mol. The molecule has 0 saturated carbocycles. The highest BCUT2D eigenvalue weighted by molar-refractivity contribution is 5.87. The van der Waals surface area contributed by atoms with Gasteiger partial charge < -0.3 is 25.4 Å². The molecular formula is C27H43N5O9. The maximum absolute atomic E-state index is 12.9. The maximum Gasteiger partial charge on any atom is 0.408 e. The summed E-state index contributed by atoms with van der Waals surface area (Å²) in [4.78, 5) is 57.8. The van der Waals surface area contributed by atoms with Gasteiger partial charge in [-0.15, -0.1) is 0 Å². The molecule has 1 aromatic rings. The van der Waals surface area contributed by atoms with Crippen molar-refractivity contribution in [1.29, 1.82) is 0 Å². The number of amides is 2. The zero-order valence-corrected chi connectivity index (χ0v) is 24.7. The van der Waals surface area contributed by atoms with E-state index in [1.54, 1.807) is 41.5 Å². The van der Waals surface area contributed by atoms with Gasteiger partial charge in [0.05, 0.1) is 22.0 Å². The van der Waals surface area contributed by atoms with Gasteiger partial charge in [-0.1, -0.05) is 6.42 Å². The first-order valence-corrected chi connectivity index (χ1v) is 13.6. The Bertz CT molecular complexity index is 1060. The van der Waals surface area contributed by atoms with Gasteiger partial charge in [-0.2, -0.15) is 0 Å². The molecule has 0 aliphatic rings. The van der Waals surface area contributed by atoms with Gasteiger partial charge in [0.2, 0.25) is 0 Å². The first-order chi connectivity index (χ1) is 19.0. The molecule has 0 radical (unpaired) electrons. The third kappa shape index (κ3) is 15.4. The van der Waals surface area contributed by atoms with E-state index in [-0.39, 0.29) is 29.3 Å². The number of carbonyl (C=O) groups excluding carboxylic acids is 3. The van der Waals surface area contributed by atoms with Crippen LogP contribution in [0.3, 0.4) is 0 Å². The number of benzene rings is 1. The number of unbranched alkanes of at least 4 members (excludes halogenated alkanes) is 3. The van der Waals surface area contributed by atoms with Gasteiger partial charge in [-0.3, -0.25) is 25.0 Å². The number of nitrogens with one attached hydrogen (secondary N) is 3. The van der Waals surface area contributed by atoms with Crippen LogP contribution in [0.1, 0.15) is 86.5 Å². The molecule has 0 fully saturated rings. The minimum absolute atomic E-state index is 0.144. The molecule has 41 heavy (non-hydrogen) atoms. The second-order valence-electron chi connectivity index (χ2n) is 11.5. The topological polar surface area (TPSA) is 192 Å². The van der Waals surface area contributed by atoms with Crippen LogP contribution < -0.4 is 16.0 Å². The Balaban J connectivity index is 2.55. The molecule has 0 saturated heterocycles. The van der Waals surface area contributed by atoms with Crippen molar-refractivity contribution in [3.05, 3.63) is 38.4 Å². The lowest BCUT2D eigenvalue weighted by molar-refractivity contribution is -0.393. The van der Waals surface area contributed by atoms with E-state index >= 15 is 0 Å². The molecule has 14 nitrogen and oxygen atoms in total. The van der Waals surface area contributed by atoms with Crippen molar-refractivity contribution in [3.63, 3.8) is 0 Å². The Kier molecular flexibility index (Phi) is 14.0. The number of ketones is 1. The summed E-state index contributed by atoms with van der Waals surface area (Å²) < 4.78 is 10.5. The molecule has 14 heteroatoms.